The average molecular weight is 402 g/mol. The molecule has 6 nitrogen and oxygen atoms in total. The third-order valence-corrected chi connectivity index (χ3v) is 4.59. The van der Waals surface area contributed by atoms with Crippen LogP contribution >= 0.6 is 0 Å². The van der Waals surface area contributed by atoms with Crippen LogP contribution < -0.4 is 15.4 Å². The van der Waals surface area contributed by atoms with E-state index in [1.807, 2.05) is 24.3 Å². The quantitative estimate of drug-likeness (QED) is 0.596. The fourth-order valence-electron chi connectivity index (χ4n) is 2.96. The lowest BCUT2D eigenvalue weighted by atomic mass is 10.0. The van der Waals surface area contributed by atoms with Gasteiger partial charge in [0.15, 0.2) is 5.96 Å². The van der Waals surface area contributed by atoms with Crippen LogP contribution in [0, 0.1) is 11.6 Å². The summed E-state index contributed by atoms with van der Waals surface area (Å²) in [6.45, 7) is 0.492. The van der Waals surface area contributed by atoms with E-state index in [9.17, 15) is 13.6 Å². The van der Waals surface area contributed by atoms with Gasteiger partial charge < -0.3 is 20.3 Å². The van der Waals surface area contributed by atoms with Crippen LogP contribution in [0.2, 0.25) is 0 Å². The molecule has 2 aromatic rings. The van der Waals surface area contributed by atoms with Gasteiger partial charge in [0.05, 0.1) is 25.7 Å². The Balaban J connectivity index is 1.79. The molecule has 0 bridgehead atoms. The standard InChI is InChI=1S/C21H24F2N4O2/c1-27(2)20(28)13-25-21(24-12-14-11-15(22)7-8-17(14)23)26-18-9-10-29-19-6-4-3-5-16(18)19/h3-8,11,18H,9-10,12-13H2,1-2H3,(H2,24,25,26). The summed E-state index contributed by atoms with van der Waals surface area (Å²) in [7, 11) is 3.32. The number of rotatable bonds is 5. The SMILES string of the molecule is CN(C)C(=O)CNC(=NCc1cc(F)ccc1F)NC1CCOc2ccccc21. The van der Waals surface area contributed by atoms with Crippen molar-refractivity contribution >= 4 is 11.9 Å². The highest BCUT2D eigenvalue weighted by Gasteiger charge is 2.22. The van der Waals surface area contributed by atoms with Crippen molar-refractivity contribution < 1.29 is 18.3 Å². The highest BCUT2D eigenvalue weighted by atomic mass is 19.1. The fourth-order valence-corrected chi connectivity index (χ4v) is 2.96. The van der Waals surface area contributed by atoms with Crippen LogP contribution in [0.5, 0.6) is 5.75 Å². The number of aliphatic imine (C=N–C) groups is 1. The third kappa shape index (κ3) is 5.43. The molecule has 0 aromatic heterocycles. The van der Waals surface area contributed by atoms with Crippen LogP contribution in [-0.2, 0) is 11.3 Å². The molecule has 0 aliphatic carbocycles. The van der Waals surface area contributed by atoms with E-state index < -0.39 is 11.6 Å². The minimum Gasteiger partial charge on any atom is -0.493 e. The largest absolute Gasteiger partial charge is 0.493 e. The Morgan fingerprint density at radius 3 is 2.83 bits per heavy atom. The Labute approximate surface area is 168 Å². The van der Waals surface area contributed by atoms with Crippen LogP contribution in [-0.4, -0.2) is 44.0 Å². The zero-order valence-corrected chi connectivity index (χ0v) is 16.4. The number of para-hydroxylation sites is 1. The van der Waals surface area contributed by atoms with Crippen molar-refractivity contribution in [3.8, 4) is 5.75 Å². The van der Waals surface area contributed by atoms with Gasteiger partial charge in [-0.2, -0.15) is 0 Å². The molecule has 0 fully saturated rings. The van der Waals surface area contributed by atoms with Crippen molar-refractivity contribution in [3.05, 3.63) is 65.2 Å². The van der Waals surface area contributed by atoms with Crippen LogP contribution in [0.3, 0.4) is 0 Å². The topological polar surface area (TPSA) is 66.0 Å². The maximum Gasteiger partial charge on any atom is 0.241 e. The van der Waals surface area contributed by atoms with Crippen LogP contribution in [0.4, 0.5) is 8.78 Å². The summed E-state index contributed by atoms with van der Waals surface area (Å²) in [6, 6.07) is 10.8. The van der Waals surface area contributed by atoms with Gasteiger partial charge in [0.2, 0.25) is 5.91 Å². The number of nitrogens with one attached hydrogen (secondary N) is 2. The van der Waals surface area contributed by atoms with E-state index in [1.54, 1.807) is 14.1 Å². The van der Waals surface area contributed by atoms with E-state index in [0.717, 1.165) is 29.5 Å². The lowest BCUT2D eigenvalue weighted by Crippen LogP contribution is -2.45. The predicted octanol–water partition coefficient (Wildman–Crippen LogP) is 2.61. The van der Waals surface area contributed by atoms with E-state index >= 15 is 0 Å². The molecule has 0 spiro atoms. The number of guanidine groups is 1. The second-order valence-corrected chi connectivity index (χ2v) is 6.91. The number of ether oxygens (including phenoxy) is 1. The van der Waals surface area contributed by atoms with Crippen molar-refractivity contribution in [1.82, 2.24) is 15.5 Å². The number of carbonyl (C=O) groups is 1. The molecular formula is C21H24F2N4O2. The van der Waals surface area contributed by atoms with Crippen LogP contribution in [0.15, 0.2) is 47.5 Å². The summed E-state index contributed by atoms with van der Waals surface area (Å²) in [6.07, 6.45) is 0.702. The van der Waals surface area contributed by atoms with Crippen molar-refractivity contribution in [2.45, 2.75) is 19.0 Å². The zero-order chi connectivity index (χ0) is 20.8. The van der Waals surface area contributed by atoms with Crippen molar-refractivity contribution in [2.24, 2.45) is 4.99 Å². The molecule has 2 N–H and O–H groups in total. The summed E-state index contributed by atoms with van der Waals surface area (Å²) in [4.78, 5) is 17.8. The maximum absolute atomic E-state index is 13.9. The van der Waals surface area contributed by atoms with Crippen molar-refractivity contribution in [1.29, 1.82) is 0 Å². The van der Waals surface area contributed by atoms with Gasteiger partial charge in [-0.25, -0.2) is 13.8 Å². The van der Waals surface area contributed by atoms with Crippen LogP contribution in [0.1, 0.15) is 23.6 Å². The first kappa shape index (κ1) is 20.6. The van der Waals surface area contributed by atoms with E-state index in [-0.39, 0.29) is 30.6 Å². The van der Waals surface area contributed by atoms with Gasteiger partial charge in [-0.15, -0.1) is 0 Å². The normalized spacial score (nSPS) is 15.9. The molecule has 1 amide bonds. The number of amides is 1. The van der Waals surface area contributed by atoms with Gasteiger partial charge in [0, 0.05) is 31.6 Å². The molecule has 0 saturated heterocycles. The fraction of sp³-hybridized carbons (Fsp3) is 0.333. The Morgan fingerprint density at radius 2 is 2.03 bits per heavy atom. The minimum absolute atomic E-state index is 0.0231. The monoisotopic (exact) mass is 402 g/mol. The summed E-state index contributed by atoms with van der Waals surface area (Å²) in [5, 5.41) is 6.26. The number of hydrogen-bond donors (Lipinski definition) is 2. The Bertz CT molecular complexity index is 902. The summed E-state index contributed by atoms with van der Waals surface area (Å²) < 4.78 is 33.1. The number of nitrogens with zero attached hydrogens (tertiary/aromatic N) is 2. The highest BCUT2D eigenvalue weighted by molar-refractivity contribution is 5.86. The Hall–Kier alpha value is -3.16. The van der Waals surface area contributed by atoms with E-state index in [1.165, 1.54) is 4.90 Å². The first-order chi connectivity index (χ1) is 13.9. The summed E-state index contributed by atoms with van der Waals surface area (Å²) in [5.74, 6) is -0.0685. The molecule has 3 rings (SSSR count). The van der Waals surface area contributed by atoms with E-state index in [2.05, 4.69) is 15.6 Å². The number of benzene rings is 2. The van der Waals surface area contributed by atoms with E-state index in [0.29, 0.717) is 19.0 Å². The van der Waals surface area contributed by atoms with Gasteiger partial charge in [0.1, 0.15) is 17.4 Å². The number of fused-ring (bicyclic) bond motifs is 1. The minimum atomic E-state index is -0.532. The first-order valence-electron chi connectivity index (χ1n) is 9.34. The number of halogens is 2. The highest BCUT2D eigenvalue weighted by Crippen LogP contribution is 2.31. The van der Waals surface area contributed by atoms with Gasteiger partial charge in [-0.05, 0) is 24.3 Å². The molecular weight excluding hydrogens is 378 g/mol. The smallest absolute Gasteiger partial charge is 0.241 e. The molecule has 154 valence electrons. The average Bonchev–Trinajstić information content (AvgIpc) is 2.72. The Morgan fingerprint density at radius 1 is 1.24 bits per heavy atom. The van der Waals surface area contributed by atoms with Gasteiger partial charge in [-0.3, -0.25) is 4.79 Å². The molecule has 1 atom stereocenters. The number of hydrogen-bond acceptors (Lipinski definition) is 3. The van der Waals surface area contributed by atoms with Gasteiger partial charge >= 0.3 is 0 Å². The lowest BCUT2D eigenvalue weighted by Gasteiger charge is -2.28. The molecule has 1 aliphatic heterocycles. The molecule has 8 heteroatoms. The summed E-state index contributed by atoms with van der Waals surface area (Å²) in [5.41, 5.74) is 1.11. The lowest BCUT2D eigenvalue weighted by molar-refractivity contribution is -0.127. The zero-order valence-electron chi connectivity index (χ0n) is 16.4. The molecule has 2 aromatic carbocycles. The van der Waals surface area contributed by atoms with E-state index in [4.69, 9.17) is 4.74 Å². The molecule has 1 aliphatic rings. The van der Waals surface area contributed by atoms with Crippen molar-refractivity contribution in [3.63, 3.8) is 0 Å². The second kappa shape index (κ2) is 9.36. The molecule has 29 heavy (non-hydrogen) atoms. The molecule has 0 radical (unpaired) electrons. The molecule has 1 heterocycles. The first-order valence-corrected chi connectivity index (χ1v) is 9.34. The van der Waals surface area contributed by atoms with Crippen molar-refractivity contribution in [2.75, 3.05) is 27.2 Å². The third-order valence-electron chi connectivity index (χ3n) is 4.59. The maximum atomic E-state index is 13.9. The summed E-state index contributed by atoms with van der Waals surface area (Å²) >= 11 is 0. The second-order valence-electron chi connectivity index (χ2n) is 6.91. The number of carbonyl (C=O) groups excluding carboxylic acids is 1. The predicted molar refractivity (Wildman–Crippen MR) is 107 cm³/mol. The Kier molecular flexibility index (Phi) is 6.64. The van der Waals surface area contributed by atoms with Gasteiger partial charge in [0.25, 0.3) is 0 Å². The molecule has 0 saturated carbocycles. The van der Waals surface area contributed by atoms with Crippen LogP contribution in [0.25, 0.3) is 0 Å². The molecule has 1 unspecified atom stereocenters. The number of likely N-dealkylation sites (N-methyl/N-ethyl adjacent to an activating group) is 1. The van der Waals surface area contributed by atoms with Gasteiger partial charge in [-0.1, -0.05) is 18.2 Å².